The average Bonchev–Trinajstić information content (AvgIpc) is 2.48. The number of halogens is 1. The Balaban J connectivity index is 2.63. The van der Waals surface area contributed by atoms with Gasteiger partial charge in [0.1, 0.15) is 0 Å². The van der Waals surface area contributed by atoms with E-state index in [-0.39, 0.29) is 17.7 Å². The summed E-state index contributed by atoms with van der Waals surface area (Å²) in [5.74, 6) is -0.585. The lowest BCUT2D eigenvalue weighted by Crippen LogP contribution is -2.36. The van der Waals surface area contributed by atoms with Crippen molar-refractivity contribution >= 4 is 5.91 Å². The molecule has 1 aromatic rings. The molecule has 1 rings (SSSR count). The zero-order valence-electron chi connectivity index (χ0n) is 13.2. The van der Waals surface area contributed by atoms with E-state index < -0.39 is 11.9 Å². The number of carbonyl (C=O) groups excluding carboxylic acids is 1. The first-order chi connectivity index (χ1) is 9.99. The Morgan fingerprint density at radius 3 is 2.67 bits per heavy atom. The van der Waals surface area contributed by atoms with E-state index in [2.05, 4.69) is 17.6 Å². The van der Waals surface area contributed by atoms with Crippen LogP contribution in [0.1, 0.15) is 45.2 Å². The molecule has 2 unspecified atom stereocenters. The molecule has 1 aromatic carbocycles. The molecule has 118 valence electrons. The van der Waals surface area contributed by atoms with Gasteiger partial charge < -0.3 is 15.4 Å². The van der Waals surface area contributed by atoms with Crippen LogP contribution in [0.2, 0.25) is 0 Å². The summed E-state index contributed by atoms with van der Waals surface area (Å²) >= 11 is 0. The van der Waals surface area contributed by atoms with Gasteiger partial charge in [-0.05, 0) is 45.0 Å². The lowest BCUT2D eigenvalue weighted by Gasteiger charge is -2.16. The number of carbonyl (C=O) groups is 1. The Labute approximate surface area is 126 Å². The first-order valence-electron chi connectivity index (χ1n) is 7.40. The fourth-order valence-corrected chi connectivity index (χ4v) is 1.82. The summed E-state index contributed by atoms with van der Waals surface area (Å²) in [6, 6.07) is 4.84. The van der Waals surface area contributed by atoms with Gasteiger partial charge in [0.2, 0.25) is 0 Å². The number of rotatable bonds is 8. The van der Waals surface area contributed by atoms with Gasteiger partial charge in [-0.25, -0.2) is 4.39 Å². The average molecular weight is 296 g/mol. The topological polar surface area (TPSA) is 50.4 Å². The number of nitrogens with one attached hydrogen (secondary N) is 2. The molecule has 5 heteroatoms. The first kappa shape index (κ1) is 17.4. The number of amides is 1. The third kappa shape index (κ3) is 5.34. The van der Waals surface area contributed by atoms with E-state index in [4.69, 9.17) is 4.74 Å². The fraction of sp³-hybridized carbons (Fsp3) is 0.562. The van der Waals surface area contributed by atoms with Gasteiger partial charge in [-0.3, -0.25) is 4.79 Å². The van der Waals surface area contributed by atoms with Crippen molar-refractivity contribution in [3.8, 4) is 5.75 Å². The van der Waals surface area contributed by atoms with Gasteiger partial charge >= 0.3 is 0 Å². The van der Waals surface area contributed by atoms with Crippen LogP contribution < -0.4 is 15.4 Å². The molecule has 0 aliphatic heterocycles. The van der Waals surface area contributed by atoms with Crippen LogP contribution in [0, 0.1) is 5.82 Å². The molecule has 2 N–H and O–H groups in total. The van der Waals surface area contributed by atoms with Gasteiger partial charge in [-0.15, -0.1) is 0 Å². The normalized spacial score (nSPS) is 13.6. The van der Waals surface area contributed by atoms with E-state index in [0.717, 1.165) is 18.4 Å². The number of unbranched alkanes of at least 4 members (excludes halogenated alkanes) is 1. The van der Waals surface area contributed by atoms with Gasteiger partial charge in [0.05, 0.1) is 0 Å². The van der Waals surface area contributed by atoms with Crippen molar-refractivity contribution in [2.24, 2.45) is 0 Å². The van der Waals surface area contributed by atoms with Gasteiger partial charge in [0.25, 0.3) is 5.91 Å². The third-order valence-corrected chi connectivity index (χ3v) is 3.39. The molecule has 0 heterocycles. The number of ether oxygens (including phenoxy) is 1. The minimum Gasteiger partial charge on any atom is -0.478 e. The van der Waals surface area contributed by atoms with Gasteiger partial charge in [0.15, 0.2) is 17.7 Å². The zero-order chi connectivity index (χ0) is 15.8. The van der Waals surface area contributed by atoms with E-state index >= 15 is 0 Å². The second-order valence-corrected chi connectivity index (χ2v) is 5.10. The first-order valence-corrected chi connectivity index (χ1v) is 7.40. The molecular weight excluding hydrogens is 271 g/mol. The maximum atomic E-state index is 14.0. The molecular formula is C16H25FN2O2. The Hall–Kier alpha value is -1.62. The number of hydrogen-bond acceptors (Lipinski definition) is 3. The van der Waals surface area contributed by atoms with Crippen molar-refractivity contribution in [1.29, 1.82) is 0 Å². The fourth-order valence-electron chi connectivity index (χ4n) is 1.82. The summed E-state index contributed by atoms with van der Waals surface area (Å²) in [5, 5.41) is 5.81. The molecule has 0 aromatic heterocycles. The largest absolute Gasteiger partial charge is 0.478 e. The SMILES string of the molecule is CCCCNC(=O)C(C)Oc1ccc(C(C)NC)cc1F. The highest BCUT2D eigenvalue weighted by Crippen LogP contribution is 2.22. The van der Waals surface area contributed by atoms with Crippen molar-refractivity contribution in [3.63, 3.8) is 0 Å². The minimum atomic E-state index is -0.719. The van der Waals surface area contributed by atoms with Crippen LogP contribution in [-0.2, 0) is 4.79 Å². The summed E-state index contributed by atoms with van der Waals surface area (Å²) in [7, 11) is 1.82. The summed E-state index contributed by atoms with van der Waals surface area (Å²) in [4.78, 5) is 11.8. The standard InChI is InChI=1S/C16H25FN2O2/c1-5-6-9-19-16(20)12(3)21-15-8-7-13(10-14(15)17)11(2)18-4/h7-8,10-12,18H,5-6,9H2,1-4H3,(H,19,20). The molecule has 1 amide bonds. The van der Waals surface area contributed by atoms with Crippen molar-refractivity contribution < 1.29 is 13.9 Å². The Bertz CT molecular complexity index is 466. The zero-order valence-corrected chi connectivity index (χ0v) is 13.2. The van der Waals surface area contributed by atoms with Gasteiger partial charge in [-0.2, -0.15) is 0 Å². The molecule has 0 saturated carbocycles. The van der Waals surface area contributed by atoms with Crippen molar-refractivity contribution in [2.45, 2.75) is 45.8 Å². The highest BCUT2D eigenvalue weighted by Gasteiger charge is 2.16. The summed E-state index contributed by atoms with van der Waals surface area (Å²) in [5.41, 5.74) is 0.836. The van der Waals surface area contributed by atoms with Crippen molar-refractivity contribution in [3.05, 3.63) is 29.6 Å². The van der Waals surface area contributed by atoms with E-state index in [0.29, 0.717) is 6.54 Å². The quantitative estimate of drug-likeness (QED) is 0.725. The molecule has 0 spiro atoms. The van der Waals surface area contributed by atoms with Gasteiger partial charge in [0, 0.05) is 12.6 Å². The summed E-state index contributed by atoms with van der Waals surface area (Å²) in [6.45, 7) is 6.23. The third-order valence-electron chi connectivity index (χ3n) is 3.39. The lowest BCUT2D eigenvalue weighted by molar-refractivity contribution is -0.127. The van der Waals surface area contributed by atoms with Crippen LogP contribution in [0.5, 0.6) is 5.75 Å². The predicted molar refractivity (Wildman–Crippen MR) is 81.9 cm³/mol. The highest BCUT2D eigenvalue weighted by molar-refractivity contribution is 5.80. The minimum absolute atomic E-state index is 0.0586. The highest BCUT2D eigenvalue weighted by atomic mass is 19.1. The maximum Gasteiger partial charge on any atom is 0.260 e. The van der Waals surface area contributed by atoms with Crippen LogP contribution in [-0.4, -0.2) is 25.6 Å². The van der Waals surface area contributed by atoms with E-state index in [1.54, 1.807) is 19.1 Å². The van der Waals surface area contributed by atoms with Crippen molar-refractivity contribution in [1.82, 2.24) is 10.6 Å². The second kappa shape index (κ2) is 8.62. The molecule has 0 saturated heterocycles. The Morgan fingerprint density at radius 1 is 1.38 bits per heavy atom. The summed E-state index contributed by atoms with van der Waals surface area (Å²) < 4.78 is 19.4. The Kier molecular flexibility index (Phi) is 7.15. The monoisotopic (exact) mass is 296 g/mol. The van der Waals surface area contributed by atoms with E-state index in [9.17, 15) is 9.18 Å². The Morgan fingerprint density at radius 2 is 2.10 bits per heavy atom. The summed E-state index contributed by atoms with van der Waals surface area (Å²) in [6.07, 6.45) is 1.21. The number of hydrogen-bond donors (Lipinski definition) is 2. The second-order valence-electron chi connectivity index (χ2n) is 5.10. The molecule has 0 radical (unpaired) electrons. The smallest absolute Gasteiger partial charge is 0.260 e. The van der Waals surface area contributed by atoms with E-state index in [1.165, 1.54) is 6.07 Å². The molecule has 0 aliphatic rings. The molecule has 2 atom stereocenters. The van der Waals surface area contributed by atoms with Gasteiger partial charge in [-0.1, -0.05) is 19.4 Å². The molecule has 0 bridgehead atoms. The van der Waals surface area contributed by atoms with Crippen molar-refractivity contribution in [2.75, 3.05) is 13.6 Å². The van der Waals surface area contributed by atoms with Crippen LogP contribution >= 0.6 is 0 Å². The maximum absolute atomic E-state index is 14.0. The molecule has 21 heavy (non-hydrogen) atoms. The molecule has 0 aliphatic carbocycles. The van der Waals surface area contributed by atoms with Crippen LogP contribution in [0.4, 0.5) is 4.39 Å². The van der Waals surface area contributed by atoms with Crippen LogP contribution in [0.3, 0.4) is 0 Å². The van der Waals surface area contributed by atoms with Crippen LogP contribution in [0.25, 0.3) is 0 Å². The predicted octanol–water partition coefficient (Wildman–Crippen LogP) is 2.79. The molecule has 4 nitrogen and oxygen atoms in total. The van der Waals surface area contributed by atoms with E-state index in [1.807, 2.05) is 14.0 Å². The number of benzene rings is 1. The molecule has 0 fully saturated rings. The lowest BCUT2D eigenvalue weighted by atomic mass is 10.1. The van der Waals surface area contributed by atoms with Crippen LogP contribution in [0.15, 0.2) is 18.2 Å².